The van der Waals surface area contributed by atoms with E-state index in [4.69, 9.17) is 0 Å². The Hall–Kier alpha value is -1.05. The van der Waals surface area contributed by atoms with E-state index in [1.165, 1.54) is 0 Å². The van der Waals surface area contributed by atoms with Crippen LogP contribution in [0.5, 0.6) is 0 Å². The number of carbonyl (C=O) groups is 1. The minimum atomic E-state index is 0.106. The molecule has 0 spiro atoms. The van der Waals surface area contributed by atoms with Crippen LogP contribution in [0, 0.1) is 0 Å². The van der Waals surface area contributed by atoms with Gasteiger partial charge < -0.3 is 4.90 Å². The summed E-state index contributed by atoms with van der Waals surface area (Å²) in [6, 6.07) is 0. The van der Waals surface area contributed by atoms with Gasteiger partial charge in [0.15, 0.2) is 0 Å². The monoisotopic (exact) mass is 181 g/mol. The normalized spacial score (nSPS) is 11.3. The number of carbonyl (C=O) groups excluding carboxylic acids is 1. The van der Waals surface area contributed by atoms with Crippen LogP contribution in [-0.4, -0.2) is 17.4 Å². The zero-order chi connectivity index (χ0) is 10.1. The van der Waals surface area contributed by atoms with Crippen LogP contribution in [0.4, 0.5) is 0 Å². The first-order chi connectivity index (χ1) is 6.22. The van der Waals surface area contributed by atoms with Gasteiger partial charge in [-0.05, 0) is 19.4 Å². The highest BCUT2D eigenvalue weighted by atomic mass is 16.2. The summed E-state index contributed by atoms with van der Waals surface area (Å²) in [7, 11) is 0. The van der Waals surface area contributed by atoms with Crippen LogP contribution in [0.25, 0.3) is 0 Å². The summed E-state index contributed by atoms with van der Waals surface area (Å²) in [4.78, 5) is 12.8. The summed E-state index contributed by atoms with van der Waals surface area (Å²) in [5, 5.41) is 0. The van der Waals surface area contributed by atoms with Gasteiger partial charge in [0.25, 0.3) is 0 Å². The number of hydrogen-bond acceptors (Lipinski definition) is 1. The van der Waals surface area contributed by atoms with Gasteiger partial charge in [0.05, 0.1) is 0 Å². The molecule has 0 bridgehead atoms. The first-order valence-corrected chi connectivity index (χ1v) is 4.79. The maximum absolute atomic E-state index is 11.1. The highest BCUT2D eigenvalue weighted by Crippen LogP contribution is 1.97. The molecule has 0 aromatic heterocycles. The molecule has 2 nitrogen and oxygen atoms in total. The highest BCUT2D eigenvalue weighted by Gasteiger charge is 2.01. The Bertz CT molecular complexity index is 194. The fourth-order valence-corrected chi connectivity index (χ4v) is 0.930. The Kier molecular flexibility index (Phi) is 6.98. The first kappa shape index (κ1) is 11.9. The topological polar surface area (TPSA) is 20.3 Å². The van der Waals surface area contributed by atoms with E-state index in [1.807, 2.05) is 31.4 Å². The van der Waals surface area contributed by atoms with Crippen molar-refractivity contribution < 1.29 is 4.79 Å². The van der Waals surface area contributed by atoms with Crippen molar-refractivity contribution in [1.29, 1.82) is 0 Å². The van der Waals surface area contributed by atoms with Crippen LogP contribution in [-0.2, 0) is 4.79 Å². The molecule has 2 heteroatoms. The smallest absolute Gasteiger partial charge is 0.223 e. The Morgan fingerprint density at radius 2 is 2.08 bits per heavy atom. The van der Waals surface area contributed by atoms with Gasteiger partial charge in [-0.25, -0.2) is 0 Å². The molecular weight excluding hydrogens is 162 g/mol. The molecule has 0 saturated carbocycles. The summed E-state index contributed by atoms with van der Waals surface area (Å²) in [5.74, 6) is 0.106. The third-order valence-corrected chi connectivity index (χ3v) is 1.73. The predicted molar refractivity (Wildman–Crippen MR) is 56.2 cm³/mol. The molecule has 0 aliphatic carbocycles. The average Bonchev–Trinajstić information content (AvgIpc) is 2.10. The molecule has 74 valence electrons. The summed E-state index contributed by atoms with van der Waals surface area (Å²) in [6.45, 7) is 6.48. The maximum atomic E-state index is 11.1. The van der Waals surface area contributed by atoms with Gasteiger partial charge in [0.2, 0.25) is 5.91 Å². The average molecular weight is 181 g/mol. The van der Waals surface area contributed by atoms with Gasteiger partial charge in [-0.15, -0.1) is 0 Å². The van der Waals surface area contributed by atoms with Crippen LogP contribution >= 0.6 is 0 Å². The van der Waals surface area contributed by atoms with Crippen molar-refractivity contribution in [2.75, 3.05) is 6.54 Å². The molecule has 13 heavy (non-hydrogen) atoms. The largest absolute Gasteiger partial charge is 0.319 e. The quantitative estimate of drug-likeness (QED) is 0.597. The number of nitrogens with zero attached hydrogens (tertiary/aromatic N) is 1. The van der Waals surface area contributed by atoms with Gasteiger partial charge >= 0.3 is 0 Å². The number of hydrogen-bond donors (Lipinski definition) is 0. The molecule has 0 atom stereocenters. The van der Waals surface area contributed by atoms with Crippen molar-refractivity contribution in [2.45, 2.75) is 33.6 Å². The van der Waals surface area contributed by atoms with Crippen molar-refractivity contribution in [3.63, 3.8) is 0 Å². The molecule has 0 heterocycles. The molecule has 0 N–H and O–H groups in total. The number of rotatable bonds is 5. The lowest BCUT2D eigenvalue weighted by molar-refractivity contribution is -0.126. The minimum absolute atomic E-state index is 0.106. The second kappa shape index (κ2) is 7.59. The molecular formula is C11H19NO. The van der Waals surface area contributed by atoms with E-state index in [1.54, 1.807) is 11.8 Å². The fraction of sp³-hybridized carbons (Fsp3) is 0.545. The number of allylic oxidation sites excluding steroid dienone is 3. The molecule has 0 aliphatic rings. The van der Waals surface area contributed by atoms with Gasteiger partial charge in [-0.2, -0.15) is 0 Å². The zero-order valence-electron chi connectivity index (χ0n) is 8.79. The van der Waals surface area contributed by atoms with E-state index in [2.05, 4.69) is 6.92 Å². The highest BCUT2D eigenvalue weighted by molar-refractivity contribution is 5.74. The van der Waals surface area contributed by atoms with E-state index in [9.17, 15) is 4.79 Å². The zero-order valence-corrected chi connectivity index (χ0v) is 8.79. The van der Waals surface area contributed by atoms with Crippen molar-refractivity contribution >= 4 is 5.91 Å². The van der Waals surface area contributed by atoms with Gasteiger partial charge in [-0.1, -0.05) is 25.5 Å². The molecule has 0 rings (SSSR count). The minimum Gasteiger partial charge on any atom is -0.319 e. The Balaban J connectivity index is 4.01. The molecule has 0 unspecified atom stereocenters. The summed E-state index contributed by atoms with van der Waals surface area (Å²) < 4.78 is 0. The van der Waals surface area contributed by atoms with E-state index in [0.29, 0.717) is 0 Å². The van der Waals surface area contributed by atoms with Crippen molar-refractivity contribution in [1.82, 2.24) is 4.90 Å². The van der Waals surface area contributed by atoms with Crippen LogP contribution < -0.4 is 0 Å². The Labute approximate surface area is 80.9 Å². The van der Waals surface area contributed by atoms with Crippen molar-refractivity contribution in [3.05, 3.63) is 24.4 Å². The van der Waals surface area contributed by atoms with Gasteiger partial charge in [0.1, 0.15) is 0 Å². The summed E-state index contributed by atoms with van der Waals surface area (Å²) in [5.41, 5.74) is 0. The molecule has 0 aliphatic heterocycles. The lowest BCUT2D eigenvalue weighted by Crippen LogP contribution is -2.23. The van der Waals surface area contributed by atoms with E-state index in [0.717, 1.165) is 19.4 Å². The Morgan fingerprint density at radius 3 is 2.54 bits per heavy atom. The first-order valence-electron chi connectivity index (χ1n) is 4.79. The SMILES string of the molecule is C/C=C/C=C\N(CCCC)C(C)=O. The van der Waals surface area contributed by atoms with Crippen LogP contribution in [0.3, 0.4) is 0 Å². The second-order valence-corrected chi connectivity index (χ2v) is 2.93. The lowest BCUT2D eigenvalue weighted by Gasteiger charge is -2.14. The standard InChI is InChI=1S/C11H19NO/c1-4-6-8-10-12(11(3)13)9-7-5-2/h4,6,8,10H,5,7,9H2,1-3H3/b6-4+,10-8-. The molecule has 0 aromatic carbocycles. The van der Waals surface area contributed by atoms with Crippen LogP contribution in [0.1, 0.15) is 33.6 Å². The van der Waals surface area contributed by atoms with E-state index >= 15 is 0 Å². The lowest BCUT2D eigenvalue weighted by atomic mass is 10.3. The van der Waals surface area contributed by atoms with Gasteiger partial charge in [0, 0.05) is 19.7 Å². The molecule has 0 aromatic rings. The van der Waals surface area contributed by atoms with Crippen molar-refractivity contribution in [2.24, 2.45) is 0 Å². The van der Waals surface area contributed by atoms with E-state index in [-0.39, 0.29) is 5.91 Å². The molecule has 0 saturated heterocycles. The number of amides is 1. The maximum Gasteiger partial charge on any atom is 0.223 e. The van der Waals surface area contributed by atoms with Crippen molar-refractivity contribution in [3.8, 4) is 0 Å². The third kappa shape index (κ3) is 6.14. The second-order valence-electron chi connectivity index (χ2n) is 2.93. The van der Waals surface area contributed by atoms with Gasteiger partial charge in [-0.3, -0.25) is 4.79 Å². The Morgan fingerprint density at radius 1 is 1.38 bits per heavy atom. The molecule has 0 radical (unpaired) electrons. The summed E-state index contributed by atoms with van der Waals surface area (Å²) in [6.07, 6.45) is 9.74. The van der Waals surface area contributed by atoms with Crippen LogP contribution in [0.2, 0.25) is 0 Å². The summed E-state index contributed by atoms with van der Waals surface area (Å²) >= 11 is 0. The number of unbranched alkanes of at least 4 members (excludes halogenated alkanes) is 1. The molecule has 1 amide bonds. The predicted octanol–water partition coefficient (Wildman–Crippen LogP) is 2.72. The third-order valence-electron chi connectivity index (χ3n) is 1.73. The van der Waals surface area contributed by atoms with Crippen LogP contribution in [0.15, 0.2) is 24.4 Å². The van der Waals surface area contributed by atoms with E-state index < -0.39 is 0 Å². The molecule has 0 fully saturated rings. The fourth-order valence-electron chi connectivity index (χ4n) is 0.930.